The van der Waals surface area contributed by atoms with Gasteiger partial charge in [0.25, 0.3) is 5.91 Å². The number of hydrogen-bond acceptors (Lipinski definition) is 5. The number of carbonyl (C=O) groups excluding carboxylic acids is 2. The van der Waals surface area contributed by atoms with Crippen LogP contribution in [0.4, 0.5) is 0 Å². The molecule has 2 fully saturated rings. The van der Waals surface area contributed by atoms with Crippen LogP contribution in [0.3, 0.4) is 0 Å². The van der Waals surface area contributed by atoms with Crippen molar-refractivity contribution in [1.29, 1.82) is 0 Å². The lowest BCUT2D eigenvalue weighted by Crippen LogP contribution is -2.43. The van der Waals surface area contributed by atoms with E-state index >= 15 is 0 Å². The lowest BCUT2D eigenvalue weighted by molar-refractivity contribution is -0.122. The number of aromatic nitrogens is 2. The van der Waals surface area contributed by atoms with Crippen molar-refractivity contribution in [3.8, 4) is 0 Å². The highest BCUT2D eigenvalue weighted by Crippen LogP contribution is 2.25. The molecule has 0 unspecified atom stereocenters. The molecule has 8 nitrogen and oxygen atoms in total. The smallest absolute Gasteiger partial charge is 0.269 e. The maximum absolute atomic E-state index is 12.1. The molecule has 8 heteroatoms. The normalized spacial score (nSPS) is 24.8. The summed E-state index contributed by atoms with van der Waals surface area (Å²) in [6.45, 7) is 4.33. The largest absolute Gasteiger partial charge is 0.381 e. The van der Waals surface area contributed by atoms with Crippen molar-refractivity contribution in [3.63, 3.8) is 0 Å². The van der Waals surface area contributed by atoms with E-state index in [1.54, 1.807) is 6.07 Å². The molecule has 0 radical (unpaired) electrons. The topological polar surface area (TPSA) is 113 Å². The number of carbonyl (C=O) groups is 2. The lowest BCUT2D eigenvalue weighted by Gasteiger charge is -2.31. The van der Waals surface area contributed by atoms with Crippen molar-refractivity contribution >= 4 is 11.8 Å². The standard InChI is InChI=1S/C16H25N5O3/c17-16(23)14-6-13(19-20-14)12-2-1-4-21(8-12)9-15(22)18-7-11-3-5-24-10-11/h6,11-12H,1-5,7-10H2,(H2,17,23)(H,18,22)(H,19,20)/t11-,12+/m0/s1. The summed E-state index contributed by atoms with van der Waals surface area (Å²) in [6, 6.07) is 1.72. The van der Waals surface area contributed by atoms with Gasteiger partial charge in [-0.1, -0.05) is 0 Å². The number of piperidine rings is 1. The van der Waals surface area contributed by atoms with Gasteiger partial charge in [0.15, 0.2) is 0 Å². The van der Waals surface area contributed by atoms with Crippen molar-refractivity contribution < 1.29 is 14.3 Å². The number of ether oxygens (including phenoxy) is 1. The molecular formula is C16H25N5O3. The van der Waals surface area contributed by atoms with Gasteiger partial charge in [-0.25, -0.2) is 0 Å². The van der Waals surface area contributed by atoms with Crippen LogP contribution in [0.2, 0.25) is 0 Å². The summed E-state index contributed by atoms with van der Waals surface area (Å²) >= 11 is 0. The summed E-state index contributed by atoms with van der Waals surface area (Å²) < 4.78 is 5.32. The van der Waals surface area contributed by atoms with Gasteiger partial charge < -0.3 is 15.8 Å². The number of primary amides is 1. The van der Waals surface area contributed by atoms with Gasteiger partial charge in [-0.3, -0.25) is 19.6 Å². The van der Waals surface area contributed by atoms with Crippen molar-refractivity contribution in [2.45, 2.75) is 25.2 Å². The van der Waals surface area contributed by atoms with Crippen LogP contribution in [0.15, 0.2) is 6.07 Å². The molecule has 2 aliphatic rings. The Morgan fingerprint density at radius 2 is 2.33 bits per heavy atom. The molecule has 1 aromatic rings. The predicted octanol–water partition coefficient (Wildman–Crippen LogP) is -0.159. The fourth-order valence-corrected chi connectivity index (χ4v) is 3.39. The molecule has 0 spiro atoms. The second kappa shape index (κ2) is 7.76. The quantitative estimate of drug-likeness (QED) is 0.668. The SMILES string of the molecule is NC(=O)c1cc([C@@H]2CCCN(CC(=O)NC[C@@H]3CCOC3)C2)[nH]n1. The molecule has 3 heterocycles. The molecule has 132 valence electrons. The van der Waals surface area contributed by atoms with Crippen LogP contribution >= 0.6 is 0 Å². The zero-order valence-electron chi connectivity index (χ0n) is 13.8. The first-order valence-electron chi connectivity index (χ1n) is 8.53. The van der Waals surface area contributed by atoms with E-state index in [2.05, 4.69) is 20.4 Å². The van der Waals surface area contributed by atoms with Gasteiger partial charge in [-0.2, -0.15) is 5.10 Å². The summed E-state index contributed by atoms with van der Waals surface area (Å²) in [7, 11) is 0. The van der Waals surface area contributed by atoms with E-state index in [0.29, 0.717) is 19.0 Å². The Kier molecular flexibility index (Phi) is 5.47. The molecule has 0 aromatic carbocycles. The van der Waals surface area contributed by atoms with Gasteiger partial charge in [0.2, 0.25) is 5.91 Å². The van der Waals surface area contributed by atoms with E-state index in [-0.39, 0.29) is 17.5 Å². The molecule has 2 atom stereocenters. The molecular weight excluding hydrogens is 310 g/mol. The van der Waals surface area contributed by atoms with E-state index in [9.17, 15) is 9.59 Å². The molecule has 2 saturated heterocycles. The summed E-state index contributed by atoms with van der Waals surface area (Å²) in [4.78, 5) is 25.4. The number of rotatable bonds is 6. The maximum atomic E-state index is 12.1. The van der Waals surface area contributed by atoms with Crippen molar-refractivity contribution in [2.75, 3.05) is 39.4 Å². The first-order chi connectivity index (χ1) is 11.6. The number of nitrogens with zero attached hydrogens (tertiary/aromatic N) is 2. The van der Waals surface area contributed by atoms with Crippen LogP contribution in [-0.2, 0) is 9.53 Å². The molecule has 0 saturated carbocycles. The van der Waals surface area contributed by atoms with E-state index in [4.69, 9.17) is 10.5 Å². The van der Waals surface area contributed by atoms with E-state index in [1.807, 2.05) is 0 Å². The van der Waals surface area contributed by atoms with Gasteiger partial charge >= 0.3 is 0 Å². The number of H-pyrrole nitrogens is 1. The molecule has 4 N–H and O–H groups in total. The van der Waals surface area contributed by atoms with Gasteiger partial charge in [0.05, 0.1) is 13.2 Å². The third-order valence-electron chi connectivity index (χ3n) is 4.77. The predicted molar refractivity (Wildman–Crippen MR) is 87.5 cm³/mol. The lowest BCUT2D eigenvalue weighted by atomic mass is 9.94. The number of likely N-dealkylation sites (tertiary alicyclic amines) is 1. The third kappa shape index (κ3) is 4.33. The van der Waals surface area contributed by atoms with Crippen molar-refractivity contribution in [3.05, 3.63) is 17.5 Å². The second-order valence-corrected chi connectivity index (χ2v) is 6.68. The number of amides is 2. The molecule has 0 bridgehead atoms. The second-order valence-electron chi connectivity index (χ2n) is 6.68. The molecule has 3 rings (SSSR count). The highest BCUT2D eigenvalue weighted by Gasteiger charge is 2.25. The Bertz CT molecular complexity index is 582. The fourth-order valence-electron chi connectivity index (χ4n) is 3.39. The molecule has 2 amide bonds. The Labute approximate surface area is 141 Å². The van der Waals surface area contributed by atoms with Crippen LogP contribution in [0.1, 0.15) is 41.4 Å². The minimum absolute atomic E-state index is 0.0602. The van der Waals surface area contributed by atoms with E-state index in [0.717, 1.165) is 51.3 Å². The molecule has 24 heavy (non-hydrogen) atoms. The zero-order chi connectivity index (χ0) is 16.9. The van der Waals surface area contributed by atoms with Gasteiger partial charge in [0.1, 0.15) is 5.69 Å². The fraction of sp³-hybridized carbons (Fsp3) is 0.688. The summed E-state index contributed by atoms with van der Waals surface area (Å²) in [5.74, 6) is 0.223. The minimum Gasteiger partial charge on any atom is -0.381 e. The minimum atomic E-state index is -0.527. The number of hydrogen-bond donors (Lipinski definition) is 3. The third-order valence-corrected chi connectivity index (χ3v) is 4.77. The van der Waals surface area contributed by atoms with Crippen LogP contribution < -0.4 is 11.1 Å². The Morgan fingerprint density at radius 3 is 3.04 bits per heavy atom. The maximum Gasteiger partial charge on any atom is 0.269 e. The van der Waals surface area contributed by atoms with E-state index in [1.165, 1.54) is 0 Å². The van der Waals surface area contributed by atoms with Crippen LogP contribution in [0.25, 0.3) is 0 Å². The van der Waals surface area contributed by atoms with Crippen LogP contribution in [-0.4, -0.2) is 66.3 Å². The first kappa shape index (κ1) is 16.9. The number of aromatic amines is 1. The average Bonchev–Trinajstić information content (AvgIpc) is 3.25. The van der Waals surface area contributed by atoms with Gasteiger partial charge in [0, 0.05) is 37.2 Å². The summed E-state index contributed by atoms with van der Waals surface area (Å²) in [5.41, 5.74) is 6.42. The van der Waals surface area contributed by atoms with Crippen molar-refractivity contribution in [1.82, 2.24) is 20.4 Å². The highest BCUT2D eigenvalue weighted by atomic mass is 16.5. The molecule has 1 aromatic heterocycles. The molecule has 2 aliphatic heterocycles. The summed E-state index contributed by atoms with van der Waals surface area (Å²) in [6.07, 6.45) is 3.05. The Morgan fingerprint density at radius 1 is 1.46 bits per heavy atom. The summed E-state index contributed by atoms with van der Waals surface area (Å²) in [5, 5.41) is 9.85. The van der Waals surface area contributed by atoms with Gasteiger partial charge in [-0.15, -0.1) is 0 Å². The van der Waals surface area contributed by atoms with Crippen molar-refractivity contribution in [2.24, 2.45) is 11.7 Å². The van der Waals surface area contributed by atoms with Crippen LogP contribution in [0, 0.1) is 5.92 Å². The number of nitrogens with two attached hydrogens (primary N) is 1. The van der Waals surface area contributed by atoms with Crippen LogP contribution in [0.5, 0.6) is 0 Å². The monoisotopic (exact) mass is 335 g/mol. The first-order valence-corrected chi connectivity index (χ1v) is 8.53. The molecule has 0 aliphatic carbocycles. The van der Waals surface area contributed by atoms with E-state index < -0.39 is 5.91 Å². The Hall–Kier alpha value is -1.93. The zero-order valence-corrected chi connectivity index (χ0v) is 13.8. The highest BCUT2D eigenvalue weighted by molar-refractivity contribution is 5.90. The number of nitrogens with one attached hydrogen (secondary N) is 2. The Balaban J connectivity index is 1.47. The van der Waals surface area contributed by atoms with Gasteiger partial charge in [-0.05, 0) is 31.9 Å². The average molecular weight is 335 g/mol.